The molecule has 1 fully saturated rings. The van der Waals surface area contributed by atoms with Gasteiger partial charge < -0.3 is 20.6 Å². The molecule has 0 bridgehead atoms. The number of anilines is 1. The van der Waals surface area contributed by atoms with Crippen LogP contribution in [-0.4, -0.2) is 76.9 Å². The van der Waals surface area contributed by atoms with E-state index in [-0.39, 0.29) is 39.9 Å². The molecule has 1 aromatic carbocycles. The van der Waals surface area contributed by atoms with Crippen molar-refractivity contribution in [3.05, 3.63) is 36.7 Å². The molecule has 3 aromatic rings. The number of hydrogen-bond donors (Lipinski definition) is 6. The van der Waals surface area contributed by atoms with Crippen molar-refractivity contribution in [1.82, 2.24) is 31.1 Å². The summed E-state index contributed by atoms with van der Waals surface area (Å²) in [5.41, 5.74) is 4.63. The monoisotopic (exact) mass is 555 g/mol. The second kappa shape index (κ2) is 11.4. The van der Waals surface area contributed by atoms with Crippen LogP contribution < -0.4 is 15.8 Å². The number of phenols is 2. The van der Waals surface area contributed by atoms with Crippen LogP contribution in [-0.2, 0) is 4.79 Å². The van der Waals surface area contributed by atoms with Crippen molar-refractivity contribution >= 4 is 23.5 Å². The van der Waals surface area contributed by atoms with E-state index in [0.717, 1.165) is 18.4 Å². The lowest BCUT2D eigenvalue weighted by molar-refractivity contribution is -0.139. The molecule has 0 aliphatic carbocycles. The van der Waals surface area contributed by atoms with Crippen LogP contribution in [0.15, 0.2) is 36.7 Å². The first-order chi connectivity index (χ1) is 18.4. The molecule has 1 saturated heterocycles. The lowest BCUT2D eigenvalue weighted by Crippen LogP contribution is -2.65. The Kier molecular flexibility index (Phi) is 8.38. The van der Waals surface area contributed by atoms with Gasteiger partial charge in [-0.15, -0.1) is 10.2 Å². The highest BCUT2D eigenvalue weighted by atomic mass is 32.2. The van der Waals surface area contributed by atoms with Crippen LogP contribution in [0.5, 0.6) is 11.5 Å². The van der Waals surface area contributed by atoms with Crippen LogP contribution in [0, 0.1) is 0 Å². The van der Waals surface area contributed by atoms with Gasteiger partial charge in [-0.25, -0.2) is 5.43 Å². The molecule has 210 valence electrons. The highest BCUT2D eigenvalue weighted by molar-refractivity contribution is 7.98. The molecule has 39 heavy (non-hydrogen) atoms. The highest BCUT2D eigenvalue weighted by Gasteiger charge is 2.41. The van der Waals surface area contributed by atoms with E-state index in [2.05, 4.69) is 58.8 Å². The molecule has 0 radical (unpaired) electrons. The molecule has 1 aliphatic heterocycles. The van der Waals surface area contributed by atoms with Crippen molar-refractivity contribution in [3.63, 3.8) is 0 Å². The minimum absolute atomic E-state index is 0.0661. The number of thioether (sulfide) groups is 1. The molecule has 6 N–H and O–H groups in total. The molecule has 12 heteroatoms. The van der Waals surface area contributed by atoms with Crippen LogP contribution >= 0.6 is 11.8 Å². The van der Waals surface area contributed by atoms with E-state index in [1.165, 1.54) is 12.1 Å². The van der Waals surface area contributed by atoms with Crippen LogP contribution in [0.25, 0.3) is 22.4 Å². The predicted octanol–water partition coefficient (Wildman–Crippen LogP) is 3.77. The maximum atomic E-state index is 12.1. The number of H-pyrrole nitrogens is 1. The summed E-state index contributed by atoms with van der Waals surface area (Å²) in [6.07, 6.45) is 7.15. The number of aromatic amines is 1. The summed E-state index contributed by atoms with van der Waals surface area (Å²) >= 11 is 1.60. The number of benzene rings is 1. The number of aromatic hydroxyl groups is 2. The fourth-order valence-corrected chi connectivity index (χ4v) is 5.96. The van der Waals surface area contributed by atoms with E-state index in [4.69, 9.17) is 0 Å². The Morgan fingerprint density at radius 2 is 1.79 bits per heavy atom. The number of hydrogen-bond acceptors (Lipinski definition) is 10. The summed E-state index contributed by atoms with van der Waals surface area (Å²) in [6.45, 7) is 8.54. The first-order valence-corrected chi connectivity index (χ1v) is 14.2. The second-order valence-corrected chi connectivity index (χ2v) is 12.3. The summed E-state index contributed by atoms with van der Waals surface area (Å²) < 4.78 is 0. The van der Waals surface area contributed by atoms with Gasteiger partial charge in [-0.1, -0.05) is 0 Å². The summed E-state index contributed by atoms with van der Waals surface area (Å²) in [5, 5.41) is 52.3. The molecule has 3 heterocycles. The maximum absolute atomic E-state index is 12.1. The Morgan fingerprint density at radius 1 is 1.13 bits per heavy atom. The zero-order valence-electron chi connectivity index (χ0n) is 22.9. The van der Waals surface area contributed by atoms with Gasteiger partial charge in [-0.2, -0.15) is 16.9 Å². The van der Waals surface area contributed by atoms with Crippen molar-refractivity contribution < 1.29 is 20.1 Å². The fraction of sp³-hybridized carbons (Fsp3) is 0.481. The van der Waals surface area contributed by atoms with E-state index in [1.54, 1.807) is 36.3 Å². The van der Waals surface area contributed by atoms with Crippen LogP contribution in [0.3, 0.4) is 0 Å². The zero-order valence-corrected chi connectivity index (χ0v) is 23.7. The lowest BCUT2D eigenvalue weighted by Gasteiger charge is -2.50. The van der Waals surface area contributed by atoms with Gasteiger partial charge in [0.05, 0.1) is 17.8 Å². The minimum atomic E-state index is -0.932. The summed E-state index contributed by atoms with van der Waals surface area (Å²) in [6, 6.07) is 5.59. The first-order valence-electron chi connectivity index (χ1n) is 12.8. The Hall–Kier alpha value is -3.35. The number of aromatic nitrogens is 4. The third-order valence-electron chi connectivity index (χ3n) is 6.82. The molecule has 2 aromatic heterocycles. The molecule has 0 unspecified atom stereocenters. The van der Waals surface area contributed by atoms with E-state index in [9.17, 15) is 20.1 Å². The quantitative estimate of drug-likeness (QED) is 0.202. The number of nitrogens with one attached hydrogen (secondary N) is 3. The molecule has 0 spiro atoms. The van der Waals surface area contributed by atoms with Crippen molar-refractivity contribution in [3.8, 4) is 33.9 Å². The van der Waals surface area contributed by atoms with Crippen LogP contribution in [0.4, 0.5) is 5.82 Å². The van der Waals surface area contributed by atoms with Gasteiger partial charge in [-0.05, 0) is 88.8 Å². The summed E-state index contributed by atoms with van der Waals surface area (Å²) in [7, 11) is 0. The van der Waals surface area contributed by atoms with Crippen molar-refractivity contribution in [1.29, 1.82) is 0 Å². The number of phenolic OH excluding ortho intramolecular Hbond substituents is 2. The Bertz CT molecular complexity index is 1240. The predicted molar refractivity (Wildman–Crippen MR) is 153 cm³/mol. The van der Waals surface area contributed by atoms with Gasteiger partial charge in [0.15, 0.2) is 5.82 Å². The largest absolute Gasteiger partial charge is 0.507 e. The van der Waals surface area contributed by atoms with E-state index >= 15 is 0 Å². The molecule has 11 nitrogen and oxygen atoms in total. The topological polar surface area (TPSA) is 160 Å². The smallest absolute Gasteiger partial charge is 0.322 e. The normalized spacial score (nSPS) is 17.6. The number of hydrazine groups is 1. The highest BCUT2D eigenvalue weighted by Crippen LogP contribution is 2.40. The summed E-state index contributed by atoms with van der Waals surface area (Å²) in [4.78, 5) is 12.1. The SMILES string of the molecule is CSCC[C@H](NN(c1ccc(-c2c(O)cc(-c3cn[nH]c3)cc2O)nn1)C1CC(C)(C)NC(C)(C)C1)C(=O)O. The molecule has 0 amide bonds. The van der Waals surface area contributed by atoms with Crippen molar-refractivity contribution in [2.45, 2.75) is 70.1 Å². The molecular weight excluding hydrogens is 518 g/mol. The third kappa shape index (κ3) is 6.81. The van der Waals surface area contributed by atoms with Gasteiger partial charge in [0, 0.05) is 22.8 Å². The van der Waals surface area contributed by atoms with Gasteiger partial charge in [0.1, 0.15) is 23.2 Å². The average Bonchev–Trinajstić information content (AvgIpc) is 3.37. The van der Waals surface area contributed by atoms with Crippen LogP contribution in [0.2, 0.25) is 0 Å². The lowest BCUT2D eigenvalue weighted by atomic mass is 9.79. The third-order valence-corrected chi connectivity index (χ3v) is 7.46. The summed E-state index contributed by atoms with van der Waals surface area (Å²) in [5.74, 6) is -0.0691. The molecule has 0 saturated carbocycles. The van der Waals surface area contributed by atoms with Gasteiger partial charge in [0.25, 0.3) is 0 Å². The van der Waals surface area contributed by atoms with Crippen LogP contribution in [0.1, 0.15) is 47.0 Å². The van der Waals surface area contributed by atoms with E-state index in [1.807, 2.05) is 11.3 Å². The standard InChI is InChI=1S/C27H37N7O4S/c1-26(2)12-18(13-27(3,4)33-26)34(32-20(25(37)38)8-9-39-5)23-7-6-19(30-31-23)24-21(35)10-16(11-22(24)36)17-14-28-29-15-17/h6-7,10-11,14-15,18,20,32-33,35-36H,8-9,12-13H2,1-5H3,(H,28,29)(H,37,38)/t20-/m0/s1. The number of carboxylic acids is 1. The minimum Gasteiger partial charge on any atom is -0.507 e. The number of carbonyl (C=O) groups is 1. The maximum Gasteiger partial charge on any atom is 0.322 e. The Labute approximate surface area is 232 Å². The molecule has 1 aliphatic rings. The Morgan fingerprint density at radius 3 is 2.31 bits per heavy atom. The first kappa shape index (κ1) is 28.7. The number of nitrogens with zero attached hydrogens (tertiary/aromatic N) is 4. The fourth-order valence-electron chi connectivity index (χ4n) is 5.49. The Balaban J connectivity index is 1.68. The van der Waals surface area contributed by atoms with Crippen molar-refractivity contribution in [2.24, 2.45) is 0 Å². The number of carboxylic acid groups (broad SMARTS) is 1. The number of aliphatic carboxylic acids is 1. The molecule has 4 rings (SSSR count). The van der Waals surface area contributed by atoms with Crippen molar-refractivity contribution in [2.75, 3.05) is 17.0 Å². The van der Waals surface area contributed by atoms with E-state index in [0.29, 0.717) is 23.6 Å². The van der Waals surface area contributed by atoms with Gasteiger partial charge >= 0.3 is 5.97 Å². The van der Waals surface area contributed by atoms with E-state index < -0.39 is 12.0 Å². The van der Waals surface area contributed by atoms with Gasteiger partial charge in [-0.3, -0.25) is 14.9 Å². The van der Waals surface area contributed by atoms with Gasteiger partial charge in [0.2, 0.25) is 0 Å². The molecular formula is C27H37N7O4S. The number of piperidine rings is 1. The second-order valence-electron chi connectivity index (χ2n) is 11.3. The molecule has 1 atom stereocenters. The number of rotatable bonds is 10. The zero-order chi connectivity index (χ0) is 28.4. The average molecular weight is 556 g/mol.